The number of carboxylic acid groups (broad SMARTS) is 1. The van der Waals surface area contributed by atoms with Crippen molar-refractivity contribution in [2.75, 3.05) is 13.1 Å². The number of nitrogens with two attached hydrogens (primary N) is 1. The van der Waals surface area contributed by atoms with Crippen molar-refractivity contribution >= 4 is 29.8 Å². The molecular weight excluding hydrogens is 406 g/mol. The Kier molecular flexibility index (Phi) is 6.73. The Labute approximate surface area is 178 Å². The number of imide groups is 1. The Hall–Kier alpha value is -3.63. The van der Waals surface area contributed by atoms with Crippen LogP contribution in [0.4, 0.5) is 9.59 Å². The monoisotopic (exact) mass is 431 g/mol. The third-order valence-electron chi connectivity index (χ3n) is 5.44. The maximum atomic E-state index is 12.7. The summed E-state index contributed by atoms with van der Waals surface area (Å²) in [7, 11) is 0. The maximum absolute atomic E-state index is 12.7. The van der Waals surface area contributed by atoms with Crippen molar-refractivity contribution in [1.82, 2.24) is 20.4 Å². The van der Waals surface area contributed by atoms with Crippen LogP contribution in [0.3, 0.4) is 0 Å². The molecule has 0 bridgehead atoms. The number of carboxylic acids is 1. The average Bonchev–Trinajstić information content (AvgIpc) is 2.96. The van der Waals surface area contributed by atoms with E-state index in [2.05, 4.69) is 10.6 Å². The maximum Gasteiger partial charge on any atom is 0.327 e. The number of carbonyl (C=O) groups is 5. The van der Waals surface area contributed by atoms with Crippen LogP contribution in [-0.4, -0.2) is 69.9 Å². The number of primary amides is 1. The minimum absolute atomic E-state index is 0.0943. The summed E-state index contributed by atoms with van der Waals surface area (Å²) in [6, 6.07) is 4.76. The number of urea groups is 2. The molecular formula is C20H25N5O6. The van der Waals surface area contributed by atoms with Crippen LogP contribution in [-0.2, 0) is 27.3 Å². The Balaban J connectivity index is 1.52. The van der Waals surface area contributed by atoms with Gasteiger partial charge < -0.3 is 26.4 Å². The molecule has 2 atom stereocenters. The second-order valence-electron chi connectivity index (χ2n) is 7.53. The highest BCUT2D eigenvalue weighted by Gasteiger charge is 2.46. The molecule has 1 saturated heterocycles. The fourth-order valence-electron chi connectivity index (χ4n) is 3.83. The van der Waals surface area contributed by atoms with Crippen LogP contribution in [0.15, 0.2) is 24.3 Å². The summed E-state index contributed by atoms with van der Waals surface area (Å²) in [5.74, 6) is -2.14. The van der Waals surface area contributed by atoms with E-state index in [9.17, 15) is 29.1 Å². The highest BCUT2D eigenvalue weighted by molar-refractivity contribution is 6.05. The minimum atomic E-state index is -1.21. The van der Waals surface area contributed by atoms with Gasteiger partial charge in [-0.2, -0.15) is 0 Å². The molecule has 1 fully saturated rings. The topological polar surface area (TPSA) is 162 Å². The van der Waals surface area contributed by atoms with Crippen LogP contribution in [0.25, 0.3) is 0 Å². The molecule has 0 spiro atoms. The second kappa shape index (κ2) is 9.45. The first-order valence-electron chi connectivity index (χ1n) is 10.0. The van der Waals surface area contributed by atoms with Gasteiger partial charge in [-0.15, -0.1) is 0 Å². The quantitative estimate of drug-likeness (QED) is 0.312. The molecule has 2 aliphatic heterocycles. The van der Waals surface area contributed by atoms with Crippen LogP contribution >= 0.6 is 0 Å². The van der Waals surface area contributed by atoms with E-state index in [0.29, 0.717) is 19.4 Å². The standard InChI is InChI=1S/C20H25N5O6/c21-19(30)22-8-3-6-14(18(28)29)23-16(26)7-9-24-17(27)15-10-12-4-1-2-5-13(12)11-25(15)20(24)31/h1-2,4-5,14-15H,3,6-11H2,(H,23,26)(H,28,29)(H3,21,22,30)/t14-,15-/m0/s1. The minimum Gasteiger partial charge on any atom is -0.480 e. The van der Waals surface area contributed by atoms with Gasteiger partial charge in [0.2, 0.25) is 5.91 Å². The van der Waals surface area contributed by atoms with Crippen LogP contribution in [0.5, 0.6) is 0 Å². The van der Waals surface area contributed by atoms with E-state index < -0.39 is 36.0 Å². The Bertz CT molecular complexity index is 861. The number of amides is 6. The second-order valence-corrected chi connectivity index (χ2v) is 7.53. The molecule has 0 unspecified atom stereocenters. The van der Waals surface area contributed by atoms with Crippen molar-refractivity contribution in [2.24, 2.45) is 5.73 Å². The first-order chi connectivity index (χ1) is 14.8. The first-order valence-corrected chi connectivity index (χ1v) is 10.0. The van der Waals surface area contributed by atoms with Crippen molar-refractivity contribution in [1.29, 1.82) is 0 Å². The lowest BCUT2D eigenvalue weighted by molar-refractivity contribution is -0.142. The van der Waals surface area contributed by atoms with Gasteiger partial charge in [0, 0.05) is 32.5 Å². The SMILES string of the molecule is NC(=O)NCCC[C@H](NC(=O)CCN1C(=O)[C@@H]2Cc3ccccc3CN2C1=O)C(=O)O. The Morgan fingerprint density at radius 3 is 2.58 bits per heavy atom. The van der Waals surface area contributed by atoms with Gasteiger partial charge in [-0.3, -0.25) is 14.5 Å². The van der Waals surface area contributed by atoms with Crippen LogP contribution in [0, 0.1) is 0 Å². The summed E-state index contributed by atoms with van der Waals surface area (Å²) in [6.07, 6.45) is 0.635. The molecule has 0 aliphatic carbocycles. The smallest absolute Gasteiger partial charge is 0.327 e. The lowest BCUT2D eigenvalue weighted by Crippen LogP contribution is -2.43. The van der Waals surface area contributed by atoms with Crippen molar-refractivity contribution < 1.29 is 29.1 Å². The van der Waals surface area contributed by atoms with Gasteiger partial charge in [-0.05, 0) is 24.0 Å². The molecule has 0 saturated carbocycles. The predicted octanol–water partition coefficient (Wildman–Crippen LogP) is -0.216. The lowest BCUT2D eigenvalue weighted by Gasteiger charge is -2.28. The highest BCUT2D eigenvalue weighted by Crippen LogP contribution is 2.29. The van der Waals surface area contributed by atoms with Crippen molar-refractivity contribution in [3.8, 4) is 0 Å². The van der Waals surface area contributed by atoms with Gasteiger partial charge in [0.25, 0.3) is 5.91 Å². The summed E-state index contributed by atoms with van der Waals surface area (Å²) >= 11 is 0. The van der Waals surface area contributed by atoms with E-state index in [4.69, 9.17) is 5.73 Å². The molecule has 166 valence electrons. The van der Waals surface area contributed by atoms with Crippen LogP contribution < -0.4 is 16.4 Å². The predicted molar refractivity (Wildman–Crippen MR) is 108 cm³/mol. The molecule has 0 radical (unpaired) electrons. The van der Waals surface area contributed by atoms with E-state index in [-0.39, 0.29) is 31.8 Å². The summed E-state index contributed by atoms with van der Waals surface area (Å²) < 4.78 is 0. The fourth-order valence-corrected chi connectivity index (χ4v) is 3.83. The van der Waals surface area contributed by atoms with Gasteiger partial charge in [0.1, 0.15) is 12.1 Å². The molecule has 5 N–H and O–H groups in total. The van der Waals surface area contributed by atoms with E-state index in [0.717, 1.165) is 16.0 Å². The van der Waals surface area contributed by atoms with E-state index in [1.54, 1.807) is 0 Å². The highest BCUT2D eigenvalue weighted by atomic mass is 16.4. The van der Waals surface area contributed by atoms with Gasteiger partial charge in [0.15, 0.2) is 0 Å². The van der Waals surface area contributed by atoms with Gasteiger partial charge in [-0.25, -0.2) is 14.4 Å². The van der Waals surface area contributed by atoms with Crippen molar-refractivity contribution in [3.63, 3.8) is 0 Å². The third-order valence-corrected chi connectivity index (χ3v) is 5.44. The molecule has 1 aromatic carbocycles. The fraction of sp³-hybridized carbons (Fsp3) is 0.450. The first kappa shape index (κ1) is 22.1. The normalized spacial score (nSPS) is 18.3. The number of rotatable bonds is 9. The largest absolute Gasteiger partial charge is 0.480 e. The number of benzene rings is 1. The zero-order valence-corrected chi connectivity index (χ0v) is 16.9. The molecule has 6 amide bonds. The number of nitrogens with one attached hydrogen (secondary N) is 2. The summed E-state index contributed by atoms with van der Waals surface area (Å²) in [6.45, 7) is 0.405. The number of carbonyl (C=O) groups excluding carboxylic acids is 4. The van der Waals surface area contributed by atoms with Crippen molar-refractivity contribution in [2.45, 2.75) is 44.3 Å². The summed E-state index contributed by atoms with van der Waals surface area (Å²) in [5, 5.41) is 14.0. The molecule has 11 nitrogen and oxygen atoms in total. The molecule has 3 rings (SSSR count). The van der Waals surface area contributed by atoms with Gasteiger partial charge in [-0.1, -0.05) is 24.3 Å². The number of nitrogens with zero attached hydrogens (tertiary/aromatic N) is 2. The summed E-state index contributed by atoms with van der Waals surface area (Å²) in [5.41, 5.74) is 6.96. The number of hydrogen-bond donors (Lipinski definition) is 4. The molecule has 2 aliphatic rings. The van der Waals surface area contributed by atoms with Crippen LogP contribution in [0.1, 0.15) is 30.4 Å². The Morgan fingerprint density at radius 2 is 1.90 bits per heavy atom. The number of fused-ring (bicyclic) bond motifs is 2. The zero-order chi connectivity index (χ0) is 22.5. The molecule has 31 heavy (non-hydrogen) atoms. The molecule has 0 aromatic heterocycles. The molecule has 1 aromatic rings. The van der Waals surface area contributed by atoms with E-state index in [1.165, 1.54) is 4.90 Å². The molecule has 2 heterocycles. The van der Waals surface area contributed by atoms with E-state index >= 15 is 0 Å². The summed E-state index contributed by atoms with van der Waals surface area (Å²) in [4.78, 5) is 62.2. The van der Waals surface area contributed by atoms with Crippen LogP contribution in [0.2, 0.25) is 0 Å². The third kappa shape index (κ3) is 5.11. The lowest BCUT2D eigenvalue weighted by atomic mass is 9.95. The van der Waals surface area contributed by atoms with Gasteiger partial charge >= 0.3 is 18.0 Å². The number of aliphatic carboxylic acids is 1. The molecule has 11 heteroatoms. The zero-order valence-electron chi connectivity index (χ0n) is 16.9. The average molecular weight is 431 g/mol. The number of hydrogen-bond acceptors (Lipinski definition) is 5. The Morgan fingerprint density at radius 1 is 1.19 bits per heavy atom. The van der Waals surface area contributed by atoms with Gasteiger partial charge in [0.05, 0.1) is 0 Å². The van der Waals surface area contributed by atoms with Crippen molar-refractivity contribution in [3.05, 3.63) is 35.4 Å². The van der Waals surface area contributed by atoms with E-state index in [1.807, 2.05) is 24.3 Å².